The Morgan fingerprint density at radius 2 is 2.35 bits per heavy atom. The van der Waals surface area contributed by atoms with Crippen LogP contribution >= 0.6 is 15.9 Å². The number of benzene rings is 1. The van der Waals surface area contributed by atoms with E-state index >= 15 is 0 Å². The second kappa shape index (κ2) is 5.45. The van der Waals surface area contributed by atoms with Crippen molar-refractivity contribution in [3.63, 3.8) is 0 Å². The fourth-order valence-electron chi connectivity index (χ4n) is 1.90. The molecule has 0 bridgehead atoms. The molecule has 0 amide bonds. The predicted octanol–water partition coefficient (Wildman–Crippen LogP) is 3.90. The summed E-state index contributed by atoms with van der Waals surface area (Å²) in [6.07, 6.45) is 3.97. The maximum atomic E-state index is 13.1. The lowest BCUT2D eigenvalue weighted by atomic mass is 10.3. The van der Waals surface area contributed by atoms with Crippen LogP contribution in [0.1, 0.15) is 12.8 Å². The van der Waals surface area contributed by atoms with E-state index in [0.29, 0.717) is 4.47 Å². The number of likely N-dealkylation sites (tertiary alicyclic amines) is 1. The average Bonchev–Trinajstić information content (AvgIpc) is 2.72. The Hall–Kier alpha value is -1.16. The summed E-state index contributed by atoms with van der Waals surface area (Å²) >= 11 is 3.17. The molecule has 0 saturated carbocycles. The molecule has 2 rings (SSSR count). The lowest BCUT2D eigenvalue weighted by Gasteiger charge is -2.16. The molecule has 4 heteroatoms. The van der Waals surface area contributed by atoms with Crippen molar-refractivity contribution >= 4 is 27.5 Å². The standard InChI is InChI=1S/C13H14BrFN2/c1-2-7-17-8-3-4-13(17)16-10-5-6-12(15)11(14)9-10/h2,5-6,9H,1,3-4,7-8H2. The summed E-state index contributed by atoms with van der Waals surface area (Å²) in [4.78, 5) is 6.76. The number of hydrogen-bond acceptors (Lipinski definition) is 1. The van der Waals surface area contributed by atoms with Crippen LogP contribution in [0.15, 0.2) is 40.3 Å². The normalized spacial score (nSPS) is 17.8. The van der Waals surface area contributed by atoms with Gasteiger partial charge in [-0.3, -0.25) is 0 Å². The highest BCUT2D eigenvalue weighted by Gasteiger charge is 2.17. The van der Waals surface area contributed by atoms with Crippen molar-refractivity contribution in [1.29, 1.82) is 0 Å². The quantitative estimate of drug-likeness (QED) is 0.773. The van der Waals surface area contributed by atoms with Crippen molar-refractivity contribution in [3.05, 3.63) is 41.1 Å². The highest BCUT2D eigenvalue weighted by Crippen LogP contribution is 2.24. The van der Waals surface area contributed by atoms with Crippen LogP contribution in [-0.2, 0) is 0 Å². The van der Waals surface area contributed by atoms with Crippen molar-refractivity contribution in [2.45, 2.75) is 12.8 Å². The Morgan fingerprint density at radius 1 is 1.53 bits per heavy atom. The van der Waals surface area contributed by atoms with Gasteiger partial charge in [-0.25, -0.2) is 9.38 Å². The van der Waals surface area contributed by atoms with Crippen LogP contribution in [-0.4, -0.2) is 23.8 Å². The zero-order valence-electron chi connectivity index (χ0n) is 9.50. The molecule has 0 N–H and O–H groups in total. The van der Waals surface area contributed by atoms with Crippen molar-refractivity contribution in [3.8, 4) is 0 Å². The van der Waals surface area contributed by atoms with Crippen LogP contribution < -0.4 is 0 Å². The monoisotopic (exact) mass is 296 g/mol. The molecule has 0 aliphatic carbocycles. The number of nitrogens with zero attached hydrogens (tertiary/aromatic N) is 2. The summed E-state index contributed by atoms with van der Waals surface area (Å²) in [5.74, 6) is 0.798. The maximum absolute atomic E-state index is 13.1. The molecule has 1 heterocycles. The van der Waals surface area contributed by atoms with Crippen LogP contribution in [0.2, 0.25) is 0 Å². The third-order valence-corrected chi connectivity index (χ3v) is 3.31. The van der Waals surface area contributed by atoms with E-state index in [1.807, 2.05) is 6.08 Å². The van der Waals surface area contributed by atoms with Crippen molar-refractivity contribution < 1.29 is 4.39 Å². The summed E-state index contributed by atoms with van der Waals surface area (Å²) in [6, 6.07) is 4.82. The molecule has 90 valence electrons. The molecular weight excluding hydrogens is 283 g/mol. The topological polar surface area (TPSA) is 15.6 Å². The molecule has 0 spiro atoms. The molecule has 1 fully saturated rings. The molecule has 1 aromatic carbocycles. The van der Waals surface area contributed by atoms with E-state index in [1.165, 1.54) is 6.07 Å². The first-order chi connectivity index (χ1) is 8.20. The van der Waals surface area contributed by atoms with Gasteiger partial charge >= 0.3 is 0 Å². The van der Waals surface area contributed by atoms with Crippen LogP contribution in [0, 0.1) is 5.82 Å². The molecule has 0 radical (unpaired) electrons. The molecule has 1 saturated heterocycles. The minimum absolute atomic E-state index is 0.261. The Morgan fingerprint density at radius 3 is 3.06 bits per heavy atom. The Balaban J connectivity index is 2.22. The van der Waals surface area contributed by atoms with E-state index in [9.17, 15) is 4.39 Å². The van der Waals surface area contributed by atoms with E-state index in [-0.39, 0.29) is 5.82 Å². The van der Waals surface area contributed by atoms with Crippen LogP contribution in [0.3, 0.4) is 0 Å². The molecular formula is C13H14BrFN2. The SMILES string of the molecule is C=CCN1CCCC1=Nc1ccc(F)c(Br)c1. The molecule has 17 heavy (non-hydrogen) atoms. The molecule has 0 aromatic heterocycles. The first-order valence-corrected chi connectivity index (χ1v) is 6.38. The predicted molar refractivity (Wildman–Crippen MR) is 72.2 cm³/mol. The summed E-state index contributed by atoms with van der Waals surface area (Å²) < 4.78 is 13.5. The lowest BCUT2D eigenvalue weighted by Crippen LogP contribution is -2.24. The summed E-state index contributed by atoms with van der Waals surface area (Å²) in [5, 5.41) is 0. The third-order valence-electron chi connectivity index (χ3n) is 2.70. The molecule has 2 nitrogen and oxygen atoms in total. The van der Waals surface area contributed by atoms with Gasteiger partial charge in [0.2, 0.25) is 0 Å². The number of hydrogen-bond donors (Lipinski definition) is 0. The van der Waals surface area contributed by atoms with Crippen LogP contribution in [0.4, 0.5) is 10.1 Å². The minimum Gasteiger partial charge on any atom is -0.356 e. The first kappa shape index (κ1) is 12.3. The molecule has 0 atom stereocenters. The fraction of sp³-hybridized carbons (Fsp3) is 0.308. The zero-order chi connectivity index (χ0) is 12.3. The van der Waals surface area contributed by atoms with Gasteiger partial charge in [-0.05, 0) is 40.5 Å². The largest absolute Gasteiger partial charge is 0.356 e. The zero-order valence-corrected chi connectivity index (χ0v) is 11.1. The van der Waals surface area contributed by atoms with Gasteiger partial charge in [-0.15, -0.1) is 6.58 Å². The van der Waals surface area contributed by atoms with Gasteiger partial charge in [0.25, 0.3) is 0 Å². The number of rotatable bonds is 3. The summed E-state index contributed by atoms with van der Waals surface area (Å²) in [7, 11) is 0. The van der Waals surface area contributed by atoms with Crippen LogP contribution in [0.5, 0.6) is 0 Å². The highest BCUT2D eigenvalue weighted by atomic mass is 79.9. The van der Waals surface area contributed by atoms with Gasteiger partial charge in [-0.2, -0.15) is 0 Å². The maximum Gasteiger partial charge on any atom is 0.137 e. The molecule has 1 aliphatic heterocycles. The molecule has 1 aromatic rings. The second-order valence-corrected chi connectivity index (χ2v) is 4.82. The van der Waals surface area contributed by atoms with Gasteiger partial charge in [0.05, 0.1) is 10.2 Å². The fourth-order valence-corrected chi connectivity index (χ4v) is 2.26. The Labute approximate surface area is 109 Å². The van der Waals surface area contributed by atoms with Crippen molar-refractivity contribution in [1.82, 2.24) is 4.90 Å². The smallest absolute Gasteiger partial charge is 0.137 e. The average molecular weight is 297 g/mol. The van der Waals surface area contributed by atoms with Gasteiger partial charge < -0.3 is 4.90 Å². The third kappa shape index (κ3) is 2.94. The van der Waals surface area contributed by atoms with E-state index in [4.69, 9.17) is 0 Å². The van der Waals surface area contributed by atoms with Crippen molar-refractivity contribution in [2.24, 2.45) is 4.99 Å². The van der Waals surface area contributed by atoms with Gasteiger partial charge in [0.1, 0.15) is 11.7 Å². The summed E-state index contributed by atoms with van der Waals surface area (Å²) in [5.41, 5.74) is 0.782. The van der Waals surface area contributed by atoms with Crippen molar-refractivity contribution in [2.75, 3.05) is 13.1 Å². The molecule has 1 aliphatic rings. The minimum atomic E-state index is -0.261. The number of amidine groups is 1. The summed E-state index contributed by atoms with van der Waals surface area (Å²) in [6.45, 7) is 5.58. The number of halogens is 2. The van der Waals surface area contributed by atoms with Gasteiger partial charge in [0, 0.05) is 19.5 Å². The first-order valence-electron chi connectivity index (χ1n) is 5.59. The van der Waals surface area contributed by atoms with Gasteiger partial charge in [0.15, 0.2) is 0 Å². The van der Waals surface area contributed by atoms with E-state index in [2.05, 4.69) is 32.4 Å². The van der Waals surface area contributed by atoms with E-state index in [1.54, 1.807) is 12.1 Å². The van der Waals surface area contributed by atoms with Gasteiger partial charge in [-0.1, -0.05) is 6.08 Å². The number of aliphatic imine (C=N–C) groups is 1. The Kier molecular flexibility index (Phi) is 3.94. The van der Waals surface area contributed by atoms with E-state index < -0.39 is 0 Å². The van der Waals surface area contributed by atoms with Crippen LogP contribution in [0.25, 0.3) is 0 Å². The second-order valence-electron chi connectivity index (χ2n) is 3.96. The van der Waals surface area contributed by atoms with E-state index in [0.717, 1.165) is 37.5 Å². The highest BCUT2D eigenvalue weighted by molar-refractivity contribution is 9.10. The lowest BCUT2D eigenvalue weighted by molar-refractivity contribution is 0.502. The molecule has 0 unspecified atom stereocenters. The Bertz CT molecular complexity index is 457.